The van der Waals surface area contributed by atoms with Gasteiger partial charge in [0, 0.05) is 11.5 Å². The van der Waals surface area contributed by atoms with Crippen molar-refractivity contribution in [2.75, 3.05) is 11.7 Å². The predicted molar refractivity (Wildman–Crippen MR) is 65.3 cm³/mol. The van der Waals surface area contributed by atoms with Crippen LogP contribution in [0.3, 0.4) is 0 Å². The van der Waals surface area contributed by atoms with Crippen LogP contribution >= 0.6 is 19.1 Å². The first-order valence-electron chi connectivity index (χ1n) is 4.56. The lowest BCUT2D eigenvalue weighted by Gasteiger charge is -2.04. The monoisotopic (exact) mass is 294 g/mol. The van der Waals surface area contributed by atoms with Gasteiger partial charge in [-0.15, -0.1) is 0 Å². The Morgan fingerprint density at radius 3 is 2.83 bits per heavy atom. The largest absolute Gasteiger partial charge is 0.476 e. The van der Waals surface area contributed by atoms with Gasteiger partial charge in [0.05, 0.1) is 0 Å². The lowest BCUT2D eigenvalue weighted by atomic mass is 10.4. The Kier molecular flexibility index (Phi) is 4.73. The molecule has 6 N–H and O–H groups in total. The van der Waals surface area contributed by atoms with Crippen LogP contribution in [0.2, 0.25) is 0 Å². The van der Waals surface area contributed by atoms with Gasteiger partial charge >= 0.3 is 5.97 Å². The molecule has 1 heterocycles. The van der Waals surface area contributed by atoms with E-state index in [0.717, 1.165) is 11.5 Å². The number of aromatic nitrogens is 2. The van der Waals surface area contributed by atoms with Crippen molar-refractivity contribution in [3.05, 3.63) is 5.82 Å². The van der Waals surface area contributed by atoms with Crippen LogP contribution in [-0.2, 0) is 14.2 Å². The number of nitrogens with two attached hydrogens (primary N) is 2. The first kappa shape index (κ1) is 14.5. The Labute approximate surface area is 106 Å². The second kappa shape index (κ2) is 5.87. The van der Waals surface area contributed by atoms with Crippen LogP contribution in [0, 0.1) is 0 Å². The van der Waals surface area contributed by atoms with Crippen LogP contribution in [0.1, 0.15) is 12.7 Å². The van der Waals surface area contributed by atoms with Gasteiger partial charge in [0.15, 0.2) is 0 Å². The minimum atomic E-state index is -3.51. The number of carboxylic acid groups (broad SMARTS) is 1. The van der Waals surface area contributed by atoms with Gasteiger partial charge in [0.25, 0.3) is 7.59 Å². The fourth-order valence-corrected chi connectivity index (χ4v) is 2.19. The third-order valence-electron chi connectivity index (χ3n) is 1.40. The molecule has 0 unspecified atom stereocenters. The van der Waals surface area contributed by atoms with Crippen LogP contribution < -0.4 is 16.1 Å². The van der Waals surface area contributed by atoms with Gasteiger partial charge in [-0.05, 0) is 6.92 Å². The van der Waals surface area contributed by atoms with E-state index in [2.05, 4.69) is 24.4 Å². The average Bonchev–Trinajstić information content (AvgIpc) is 2.63. The van der Waals surface area contributed by atoms with Crippen LogP contribution in [0.5, 0.6) is 0 Å². The molecule has 0 aliphatic heterocycles. The summed E-state index contributed by atoms with van der Waals surface area (Å²) in [7, 11) is -3.51. The zero-order valence-electron chi connectivity index (χ0n) is 9.23. The Morgan fingerprint density at radius 2 is 2.33 bits per heavy atom. The molecule has 0 aliphatic rings. The van der Waals surface area contributed by atoms with E-state index in [1.54, 1.807) is 6.92 Å². The number of anilines is 1. The summed E-state index contributed by atoms with van der Waals surface area (Å²) in [6.07, 6.45) is 0. The maximum Gasteiger partial charge on any atom is 0.362 e. The van der Waals surface area contributed by atoms with Crippen molar-refractivity contribution in [1.29, 1.82) is 0 Å². The summed E-state index contributed by atoms with van der Waals surface area (Å²) < 4.78 is 14.8. The van der Waals surface area contributed by atoms with Gasteiger partial charge in [0.1, 0.15) is 6.61 Å². The lowest BCUT2D eigenvalue weighted by molar-refractivity contribution is -0.129. The van der Waals surface area contributed by atoms with Gasteiger partial charge in [0.2, 0.25) is 16.7 Å². The molecule has 10 nitrogen and oxygen atoms in total. The van der Waals surface area contributed by atoms with E-state index in [1.807, 2.05) is 0 Å². The van der Waals surface area contributed by atoms with Crippen LogP contribution in [-0.4, -0.2) is 32.8 Å². The summed E-state index contributed by atoms with van der Waals surface area (Å²) in [6.45, 7) is 1.84. The highest BCUT2D eigenvalue weighted by Crippen LogP contribution is 2.28. The summed E-state index contributed by atoms with van der Waals surface area (Å²) in [5.41, 5.74) is 9.70. The molecule has 1 rings (SSSR count). The molecule has 0 amide bonds. The Hall–Kier alpha value is -1.55. The lowest BCUT2D eigenvalue weighted by Crippen LogP contribution is -2.17. The predicted octanol–water partition coefficient (Wildman–Crippen LogP) is -0.199. The molecule has 100 valence electrons. The normalized spacial score (nSPS) is 12.3. The summed E-state index contributed by atoms with van der Waals surface area (Å²) in [4.78, 5) is 19.3. The number of carboxylic acids is 1. The number of hydrogen-bond donors (Lipinski definition) is 4. The number of hydrogen-bond acceptors (Lipinski definition) is 7. The summed E-state index contributed by atoms with van der Waals surface area (Å²) in [5, 5.41) is 14.5. The third-order valence-corrected chi connectivity index (χ3v) is 2.74. The molecule has 18 heavy (non-hydrogen) atoms. The number of rotatable bonds is 6. The van der Waals surface area contributed by atoms with Crippen LogP contribution in [0.4, 0.5) is 5.13 Å². The Morgan fingerprint density at radius 1 is 1.67 bits per heavy atom. The maximum atomic E-state index is 11.1. The number of carbonyl (C=O) groups is 1. The molecule has 1 aromatic heterocycles. The number of oxime groups is 1. The Bertz CT molecular complexity index is 510. The molecule has 0 fully saturated rings. The molecule has 0 bridgehead atoms. The molecule has 12 heteroatoms. The van der Waals surface area contributed by atoms with Gasteiger partial charge in [-0.1, -0.05) is 5.16 Å². The highest BCUT2D eigenvalue weighted by molar-refractivity contribution is 7.61. The highest BCUT2D eigenvalue weighted by Gasteiger charge is 2.21. The minimum absolute atomic E-state index is 0.0313. The zero-order valence-corrected chi connectivity index (χ0v) is 10.9. The summed E-state index contributed by atoms with van der Waals surface area (Å²) >= 11 is 0.751. The topological polar surface area (TPSA) is 166 Å². The standard InChI is InChI=1S/C6H11N6O4PS/c1-2-16-10-3(5(13)14)4-9-6(18-12-4)11-17(7,8)15/h2H2,1H3,(H,13,14)(H5,7,8,9,11,12,15)/b10-3-. The van der Waals surface area contributed by atoms with E-state index >= 15 is 0 Å². The van der Waals surface area contributed by atoms with E-state index in [0.29, 0.717) is 0 Å². The molecule has 0 spiro atoms. The quantitative estimate of drug-likeness (QED) is 0.315. The first-order chi connectivity index (χ1) is 8.33. The minimum Gasteiger partial charge on any atom is -0.476 e. The van der Waals surface area contributed by atoms with Crippen molar-refractivity contribution < 1.29 is 19.3 Å². The fourth-order valence-electron chi connectivity index (χ4n) is 0.819. The molecule has 0 atom stereocenters. The van der Waals surface area contributed by atoms with Gasteiger partial charge in [-0.25, -0.2) is 4.79 Å². The summed E-state index contributed by atoms with van der Waals surface area (Å²) in [5.74, 6) is -1.53. The van der Waals surface area contributed by atoms with Crippen LogP contribution in [0.15, 0.2) is 5.16 Å². The molecular weight excluding hydrogens is 283 g/mol. The third kappa shape index (κ3) is 4.37. The molecule has 0 aromatic carbocycles. The van der Waals surface area contributed by atoms with Crippen molar-refractivity contribution in [3.63, 3.8) is 0 Å². The average molecular weight is 294 g/mol. The molecule has 1 aromatic rings. The number of nitrogens with zero attached hydrogens (tertiary/aromatic N) is 3. The first-order valence-corrected chi connectivity index (χ1v) is 7.18. The second-order valence-electron chi connectivity index (χ2n) is 2.91. The van der Waals surface area contributed by atoms with Crippen molar-refractivity contribution >= 4 is 35.9 Å². The van der Waals surface area contributed by atoms with E-state index in [4.69, 9.17) is 16.1 Å². The fraction of sp³-hybridized carbons (Fsp3) is 0.333. The van der Waals surface area contributed by atoms with Gasteiger partial charge in [-0.3, -0.25) is 20.7 Å². The van der Waals surface area contributed by atoms with Crippen molar-refractivity contribution in [2.45, 2.75) is 6.92 Å². The van der Waals surface area contributed by atoms with Crippen LogP contribution in [0.25, 0.3) is 0 Å². The molecule has 0 aliphatic carbocycles. The SMILES string of the molecule is CCO/N=C(\C(=O)O)c1nsc(NP(N)(N)=O)n1. The van der Waals surface area contributed by atoms with E-state index in [1.165, 1.54) is 0 Å². The van der Waals surface area contributed by atoms with Crippen molar-refractivity contribution in [1.82, 2.24) is 9.36 Å². The molecule has 0 radical (unpaired) electrons. The number of aliphatic carboxylic acids is 1. The molecule has 0 saturated heterocycles. The van der Waals surface area contributed by atoms with Crippen molar-refractivity contribution in [2.24, 2.45) is 16.2 Å². The van der Waals surface area contributed by atoms with E-state index in [-0.39, 0.29) is 17.6 Å². The van der Waals surface area contributed by atoms with Crippen molar-refractivity contribution in [3.8, 4) is 0 Å². The molecule has 0 saturated carbocycles. The van der Waals surface area contributed by atoms with Gasteiger partial charge < -0.3 is 9.94 Å². The zero-order chi connectivity index (χ0) is 13.8. The second-order valence-corrected chi connectivity index (χ2v) is 5.30. The van der Waals surface area contributed by atoms with E-state index in [9.17, 15) is 9.36 Å². The molecular formula is C6H11N6O4PS. The number of nitrogens with one attached hydrogen (secondary N) is 1. The Balaban J connectivity index is 2.95. The summed E-state index contributed by atoms with van der Waals surface area (Å²) in [6, 6.07) is 0. The van der Waals surface area contributed by atoms with Gasteiger partial charge in [-0.2, -0.15) is 9.36 Å². The maximum absolute atomic E-state index is 11.1. The van der Waals surface area contributed by atoms with E-state index < -0.39 is 19.3 Å². The highest BCUT2D eigenvalue weighted by atomic mass is 32.1. The smallest absolute Gasteiger partial charge is 0.362 e.